The second-order valence-corrected chi connectivity index (χ2v) is 8.58. The number of hydrogen-bond donors (Lipinski definition) is 2. The van der Waals surface area contributed by atoms with Crippen LogP contribution < -0.4 is 14.8 Å². The van der Waals surface area contributed by atoms with Crippen LogP contribution in [-0.4, -0.2) is 21.4 Å². The number of methoxy groups -OCH3 is 1. The molecule has 0 unspecified atom stereocenters. The van der Waals surface area contributed by atoms with E-state index in [2.05, 4.69) is 10.0 Å². The fourth-order valence-corrected chi connectivity index (χ4v) is 3.99. The van der Waals surface area contributed by atoms with Crippen LogP contribution in [0.4, 0.5) is 28.9 Å². The van der Waals surface area contributed by atoms with E-state index in [-0.39, 0.29) is 34.0 Å². The molecule has 0 saturated heterocycles. The number of carbonyl (C=O) groups is 1. The van der Waals surface area contributed by atoms with Crippen molar-refractivity contribution in [3.05, 3.63) is 83.7 Å². The maximum Gasteiger partial charge on any atom is 0.416 e. The van der Waals surface area contributed by atoms with Crippen LogP contribution in [-0.2, 0) is 27.4 Å². The quantitative estimate of drug-likeness (QED) is 0.473. The van der Waals surface area contributed by atoms with Gasteiger partial charge in [0.1, 0.15) is 11.6 Å². The first-order chi connectivity index (χ1) is 15.5. The second kappa shape index (κ2) is 9.49. The van der Waals surface area contributed by atoms with Gasteiger partial charge in [-0.25, -0.2) is 12.8 Å². The van der Waals surface area contributed by atoms with Crippen LogP contribution in [0.5, 0.6) is 5.75 Å². The molecule has 0 aliphatic heterocycles. The number of rotatable bonds is 7. The maximum absolute atomic E-state index is 13.1. The van der Waals surface area contributed by atoms with E-state index in [0.717, 1.165) is 36.4 Å². The molecular formula is C22H18F4N2O4S. The van der Waals surface area contributed by atoms with Crippen molar-refractivity contribution in [3.8, 4) is 5.75 Å². The minimum absolute atomic E-state index is 0.00121. The van der Waals surface area contributed by atoms with E-state index in [9.17, 15) is 30.8 Å². The molecule has 0 bridgehead atoms. The van der Waals surface area contributed by atoms with E-state index in [1.165, 1.54) is 37.4 Å². The summed E-state index contributed by atoms with van der Waals surface area (Å²) in [5.41, 5.74) is -0.522. The van der Waals surface area contributed by atoms with Gasteiger partial charge in [-0.2, -0.15) is 13.2 Å². The summed E-state index contributed by atoms with van der Waals surface area (Å²) in [5, 5.41) is 2.51. The molecule has 0 spiro atoms. The Morgan fingerprint density at radius 1 is 1.00 bits per heavy atom. The van der Waals surface area contributed by atoms with Gasteiger partial charge in [0.2, 0.25) is 5.91 Å². The summed E-state index contributed by atoms with van der Waals surface area (Å²) < 4.78 is 84.3. The molecule has 0 aliphatic carbocycles. The highest BCUT2D eigenvalue weighted by Crippen LogP contribution is 2.31. The fraction of sp³-hybridized carbons (Fsp3) is 0.136. The number of carbonyl (C=O) groups excluding carboxylic acids is 1. The van der Waals surface area contributed by atoms with E-state index >= 15 is 0 Å². The van der Waals surface area contributed by atoms with Gasteiger partial charge >= 0.3 is 6.18 Å². The monoisotopic (exact) mass is 482 g/mol. The van der Waals surface area contributed by atoms with Gasteiger partial charge in [0.05, 0.1) is 29.7 Å². The molecule has 174 valence electrons. The third-order valence-corrected chi connectivity index (χ3v) is 5.85. The SMILES string of the molecule is COc1ccc(NC(=O)Cc2cccc(C(F)(F)F)c2)cc1NS(=O)(=O)c1ccc(F)cc1. The lowest BCUT2D eigenvalue weighted by atomic mass is 10.1. The molecule has 6 nitrogen and oxygen atoms in total. The van der Waals surface area contributed by atoms with Crippen molar-refractivity contribution in [2.75, 3.05) is 17.1 Å². The predicted molar refractivity (Wildman–Crippen MR) is 114 cm³/mol. The Kier molecular flexibility index (Phi) is 6.92. The Labute approximate surface area is 187 Å². The number of ether oxygens (including phenoxy) is 1. The zero-order chi connectivity index (χ0) is 24.2. The molecule has 3 aromatic rings. The van der Waals surface area contributed by atoms with Crippen LogP contribution in [0.3, 0.4) is 0 Å². The summed E-state index contributed by atoms with van der Waals surface area (Å²) in [5.74, 6) is -1.06. The van der Waals surface area contributed by atoms with E-state index in [1.54, 1.807) is 0 Å². The Morgan fingerprint density at radius 2 is 1.70 bits per heavy atom. The zero-order valence-electron chi connectivity index (χ0n) is 17.1. The van der Waals surface area contributed by atoms with Gasteiger partial charge in [-0.1, -0.05) is 18.2 Å². The molecular weight excluding hydrogens is 464 g/mol. The van der Waals surface area contributed by atoms with Gasteiger partial charge in [-0.3, -0.25) is 9.52 Å². The average Bonchev–Trinajstić information content (AvgIpc) is 2.73. The first-order valence-corrected chi connectivity index (χ1v) is 10.9. The number of alkyl halides is 3. The van der Waals surface area contributed by atoms with Gasteiger partial charge in [0.25, 0.3) is 10.0 Å². The number of benzene rings is 3. The van der Waals surface area contributed by atoms with Gasteiger partial charge < -0.3 is 10.1 Å². The Balaban J connectivity index is 1.78. The van der Waals surface area contributed by atoms with Crippen LogP contribution in [0.1, 0.15) is 11.1 Å². The fourth-order valence-electron chi connectivity index (χ4n) is 2.93. The number of amides is 1. The van der Waals surface area contributed by atoms with Crippen LogP contribution in [0, 0.1) is 5.82 Å². The van der Waals surface area contributed by atoms with Gasteiger partial charge in [0, 0.05) is 5.69 Å². The van der Waals surface area contributed by atoms with Crippen molar-refractivity contribution in [3.63, 3.8) is 0 Å². The molecule has 0 fully saturated rings. The molecule has 0 aliphatic rings. The molecule has 33 heavy (non-hydrogen) atoms. The number of anilines is 2. The minimum Gasteiger partial charge on any atom is -0.495 e. The number of halogens is 4. The van der Waals surface area contributed by atoms with Crippen molar-refractivity contribution in [2.24, 2.45) is 0 Å². The lowest BCUT2D eigenvalue weighted by molar-refractivity contribution is -0.137. The van der Waals surface area contributed by atoms with Gasteiger partial charge in [0.15, 0.2) is 0 Å². The molecule has 0 saturated carbocycles. The normalized spacial score (nSPS) is 11.7. The molecule has 11 heteroatoms. The molecule has 3 rings (SSSR count). The first kappa shape index (κ1) is 24.1. The highest BCUT2D eigenvalue weighted by atomic mass is 32.2. The number of nitrogens with one attached hydrogen (secondary N) is 2. The molecule has 2 N–H and O–H groups in total. The molecule has 3 aromatic carbocycles. The second-order valence-electron chi connectivity index (χ2n) is 6.90. The van der Waals surface area contributed by atoms with Gasteiger partial charge in [-0.05, 0) is 54.1 Å². The summed E-state index contributed by atoms with van der Waals surface area (Å²) >= 11 is 0. The van der Waals surface area contributed by atoms with Crippen molar-refractivity contribution in [1.29, 1.82) is 0 Å². The Hall–Kier alpha value is -3.60. The summed E-state index contributed by atoms with van der Waals surface area (Å²) in [7, 11) is -2.77. The molecule has 0 aromatic heterocycles. The van der Waals surface area contributed by atoms with E-state index in [0.29, 0.717) is 0 Å². The minimum atomic E-state index is -4.53. The maximum atomic E-state index is 13.1. The van der Waals surface area contributed by atoms with Crippen molar-refractivity contribution >= 4 is 27.3 Å². The van der Waals surface area contributed by atoms with Crippen molar-refractivity contribution in [2.45, 2.75) is 17.5 Å². The summed E-state index contributed by atoms with van der Waals surface area (Å²) in [6.07, 6.45) is -4.86. The lowest BCUT2D eigenvalue weighted by Crippen LogP contribution is -2.16. The predicted octanol–water partition coefficient (Wildman–Crippen LogP) is 4.84. The van der Waals surface area contributed by atoms with Crippen LogP contribution in [0.15, 0.2) is 71.6 Å². The molecule has 0 atom stereocenters. The number of hydrogen-bond acceptors (Lipinski definition) is 4. The standard InChI is InChI=1S/C22H18F4N2O4S/c1-32-20-10-7-17(13-19(20)28-33(30,31)18-8-5-16(23)6-9-18)27-21(29)12-14-3-2-4-15(11-14)22(24,25)26/h2-11,13,28H,12H2,1H3,(H,27,29). The smallest absolute Gasteiger partial charge is 0.416 e. The largest absolute Gasteiger partial charge is 0.495 e. The summed E-state index contributed by atoms with van der Waals surface area (Å²) in [4.78, 5) is 12.2. The number of sulfonamides is 1. The van der Waals surface area contributed by atoms with Crippen LogP contribution in [0.2, 0.25) is 0 Å². The van der Waals surface area contributed by atoms with E-state index in [4.69, 9.17) is 4.74 Å². The van der Waals surface area contributed by atoms with Crippen LogP contribution in [0.25, 0.3) is 0 Å². The van der Waals surface area contributed by atoms with Crippen molar-refractivity contribution in [1.82, 2.24) is 0 Å². The highest BCUT2D eigenvalue weighted by molar-refractivity contribution is 7.92. The van der Waals surface area contributed by atoms with E-state index < -0.39 is 33.5 Å². The third kappa shape index (κ3) is 6.22. The van der Waals surface area contributed by atoms with E-state index in [1.807, 2.05) is 0 Å². The third-order valence-electron chi connectivity index (χ3n) is 4.47. The summed E-state index contributed by atoms with van der Waals surface area (Å²) in [6.45, 7) is 0. The average molecular weight is 482 g/mol. The van der Waals surface area contributed by atoms with Crippen LogP contribution >= 0.6 is 0 Å². The van der Waals surface area contributed by atoms with Crippen molar-refractivity contribution < 1.29 is 35.5 Å². The molecule has 0 radical (unpaired) electrons. The molecule has 0 heterocycles. The highest BCUT2D eigenvalue weighted by Gasteiger charge is 2.30. The summed E-state index contributed by atoms with van der Waals surface area (Å²) in [6, 6.07) is 12.7. The lowest BCUT2D eigenvalue weighted by Gasteiger charge is -2.14. The molecule has 1 amide bonds. The Bertz CT molecular complexity index is 1260. The Morgan fingerprint density at radius 3 is 2.33 bits per heavy atom. The topological polar surface area (TPSA) is 84.5 Å². The van der Waals surface area contributed by atoms with Gasteiger partial charge in [-0.15, -0.1) is 0 Å². The first-order valence-electron chi connectivity index (χ1n) is 9.40. The zero-order valence-corrected chi connectivity index (χ0v) is 17.9.